The number of aliphatic hydroxyl groups excluding tert-OH is 1. The number of aliphatic hydroxyl groups is 1. The van der Waals surface area contributed by atoms with Crippen LogP contribution in [0, 0.1) is 5.41 Å². The van der Waals surface area contributed by atoms with Gasteiger partial charge in [-0.05, 0) is 44.9 Å². The number of hydrogen-bond acceptors (Lipinski definition) is 3. The van der Waals surface area contributed by atoms with Gasteiger partial charge in [0.05, 0.1) is 6.61 Å². The molecule has 0 aromatic carbocycles. The molecule has 2 N–H and O–H groups in total. The summed E-state index contributed by atoms with van der Waals surface area (Å²) >= 11 is 0. The van der Waals surface area contributed by atoms with Crippen LogP contribution < -0.4 is 5.32 Å². The minimum Gasteiger partial charge on any atom is -0.395 e. The molecule has 0 spiro atoms. The van der Waals surface area contributed by atoms with Gasteiger partial charge >= 0.3 is 0 Å². The van der Waals surface area contributed by atoms with Crippen molar-refractivity contribution in [2.45, 2.75) is 65.5 Å². The Kier molecular flexibility index (Phi) is 6.61. The summed E-state index contributed by atoms with van der Waals surface area (Å²) in [5.74, 6) is 0. The lowest BCUT2D eigenvalue weighted by Crippen LogP contribution is -2.47. The Morgan fingerprint density at radius 1 is 1.28 bits per heavy atom. The van der Waals surface area contributed by atoms with Gasteiger partial charge in [0.25, 0.3) is 0 Å². The van der Waals surface area contributed by atoms with Crippen molar-refractivity contribution in [3.8, 4) is 0 Å². The van der Waals surface area contributed by atoms with E-state index in [2.05, 4.69) is 37.9 Å². The molecule has 0 bridgehead atoms. The molecule has 0 aromatic heterocycles. The molecule has 0 aromatic rings. The Morgan fingerprint density at radius 2 is 1.89 bits per heavy atom. The van der Waals surface area contributed by atoms with Crippen LogP contribution in [0.25, 0.3) is 0 Å². The molecule has 0 atom stereocenters. The molecule has 0 radical (unpaired) electrons. The van der Waals surface area contributed by atoms with Crippen molar-refractivity contribution in [3.05, 3.63) is 0 Å². The number of nitrogens with one attached hydrogen (secondary N) is 1. The van der Waals surface area contributed by atoms with Gasteiger partial charge in [0, 0.05) is 31.7 Å². The molecule has 0 amide bonds. The molecule has 1 fully saturated rings. The first-order valence-corrected chi connectivity index (χ1v) is 7.65. The molecule has 3 heteroatoms. The fraction of sp³-hybridized carbons (Fsp3) is 1.00. The molecular weight excluding hydrogens is 224 g/mol. The summed E-state index contributed by atoms with van der Waals surface area (Å²) in [4.78, 5) is 2.42. The standard InChI is InChI=1S/C15H32N2O/c1-5-15(6-2,11-16-14-7-8-14)12-17(9-10-18)13(3)4/h13-14,16,18H,5-12H2,1-4H3. The number of hydrogen-bond donors (Lipinski definition) is 2. The van der Waals surface area contributed by atoms with Crippen LogP contribution in [0.4, 0.5) is 0 Å². The van der Waals surface area contributed by atoms with Crippen molar-refractivity contribution >= 4 is 0 Å². The molecule has 3 nitrogen and oxygen atoms in total. The summed E-state index contributed by atoms with van der Waals surface area (Å²) < 4.78 is 0. The summed E-state index contributed by atoms with van der Waals surface area (Å²) in [5.41, 5.74) is 0.363. The Hall–Kier alpha value is -0.120. The van der Waals surface area contributed by atoms with Crippen LogP contribution in [0.5, 0.6) is 0 Å². The zero-order valence-corrected chi connectivity index (χ0v) is 12.7. The zero-order valence-electron chi connectivity index (χ0n) is 12.7. The van der Waals surface area contributed by atoms with E-state index in [0.29, 0.717) is 11.5 Å². The van der Waals surface area contributed by atoms with Crippen molar-refractivity contribution in [1.29, 1.82) is 0 Å². The lowest BCUT2D eigenvalue weighted by molar-refractivity contribution is 0.0905. The van der Waals surface area contributed by atoms with E-state index in [1.165, 1.54) is 25.7 Å². The lowest BCUT2D eigenvalue weighted by Gasteiger charge is -2.39. The van der Waals surface area contributed by atoms with Crippen LogP contribution in [0.15, 0.2) is 0 Å². The molecule has 0 saturated heterocycles. The second-order valence-electron chi connectivity index (χ2n) is 6.15. The van der Waals surface area contributed by atoms with Gasteiger partial charge in [-0.3, -0.25) is 4.90 Å². The third kappa shape index (κ3) is 4.87. The molecule has 1 aliphatic carbocycles. The molecule has 1 saturated carbocycles. The normalized spacial score (nSPS) is 16.8. The van der Waals surface area contributed by atoms with E-state index in [9.17, 15) is 5.11 Å². The summed E-state index contributed by atoms with van der Waals surface area (Å²) in [6, 6.07) is 1.29. The van der Waals surface area contributed by atoms with Gasteiger partial charge in [-0.1, -0.05) is 13.8 Å². The second-order valence-corrected chi connectivity index (χ2v) is 6.15. The maximum Gasteiger partial charge on any atom is 0.0558 e. The first-order chi connectivity index (χ1) is 8.56. The summed E-state index contributed by atoms with van der Waals surface area (Å²) in [7, 11) is 0. The van der Waals surface area contributed by atoms with Crippen molar-refractivity contribution in [3.63, 3.8) is 0 Å². The van der Waals surface area contributed by atoms with Crippen molar-refractivity contribution in [2.75, 3.05) is 26.2 Å². The lowest BCUT2D eigenvalue weighted by atomic mass is 9.81. The average molecular weight is 256 g/mol. The molecule has 1 aliphatic rings. The highest BCUT2D eigenvalue weighted by molar-refractivity contribution is 4.89. The zero-order chi connectivity index (χ0) is 13.6. The van der Waals surface area contributed by atoms with Crippen LogP contribution in [0.1, 0.15) is 53.4 Å². The fourth-order valence-electron chi connectivity index (χ4n) is 2.51. The minimum atomic E-state index is 0.262. The quantitative estimate of drug-likeness (QED) is 0.629. The van der Waals surface area contributed by atoms with Crippen LogP contribution in [-0.4, -0.2) is 48.3 Å². The predicted molar refractivity (Wildman–Crippen MR) is 77.8 cm³/mol. The van der Waals surface area contributed by atoms with Gasteiger partial charge in [-0.15, -0.1) is 0 Å². The van der Waals surface area contributed by atoms with Gasteiger partial charge in [0.15, 0.2) is 0 Å². The largest absolute Gasteiger partial charge is 0.395 e. The smallest absolute Gasteiger partial charge is 0.0558 e. The van der Waals surface area contributed by atoms with Crippen LogP contribution >= 0.6 is 0 Å². The van der Waals surface area contributed by atoms with Gasteiger partial charge < -0.3 is 10.4 Å². The highest BCUT2D eigenvalue weighted by Crippen LogP contribution is 2.29. The van der Waals surface area contributed by atoms with Gasteiger partial charge in [0.1, 0.15) is 0 Å². The third-order valence-corrected chi connectivity index (χ3v) is 4.50. The van der Waals surface area contributed by atoms with Crippen LogP contribution in [-0.2, 0) is 0 Å². The predicted octanol–water partition coefficient (Wildman–Crippen LogP) is 2.25. The molecule has 0 heterocycles. The maximum absolute atomic E-state index is 9.20. The Labute approximate surface area is 113 Å². The first kappa shape index (κ1) is 15.9. The van der Waals surface area contributed by atoms with Gasteiger partial charge in [0.2, 0.25) is 0 Å². The molecule has 18 heavy (non-hydrogen) atoms. The average Bonchev–Trinajstić information content (AvgIpc) is 3.17. The first-order valence-electron chi connectivity index (χ1n) is 7.65. The Morgan fingerprint density at radius 3 is 2.28 bits per heavy atom. The highest BCUT2D eigenvalue weighted by atomic mass is 16.3. The van der Waals surface area contributed by atoms with Crippen LogP contribution in [0.2, 0.25) is 0 Å². The summed E-state index contributed by atoms with van der Waals surface area (Å²) in [6.07, 6.45) is 5.12. The molecule has 1 rings (SSSR count). The van der Waals surface area contributed by atoms with E-state index in [1.807, 2.05) is 0 Å². The molecule has 108 valence electrons. The van der Waals surface area contributed by atoms with Crippen LogP contribution in [0.3, 0.4) is 0 Å². The maximum atomic E-state index is 9.20. The molecule has 0 unspecified atom stereocenters. The number of nitrogens with zero attached hydrogens (tertiary/aromatic N) is 1. The topological polar surface area (TPSA) is 35.5 Å². The molecule has 0 aliphatic heterocycles. The fourth-order valence-corrected chi connectivity index (χ4v) is 2.51. The monoisotopic (exact) mass is 256 g/mol. The van der Waals surface area contributed by atoms with Crippen molar-refractivity contribution < 1.29 is 5.11 Å². The third-order valence-electron chi connectivity index (χ3n) is 4.50. The van der Waals surface area contributed by atoms with E-state index in [4.69, 9.17) is 0 Å². The van der Waals surface area contributed by atoms with E-state index >= 15 is 0 Å². The van der Waals surface area contributed by atoms with E-state index in [-0.39, 0.29) is 6.61 Å². The number of rotatable bonds is 10. The minimum absolute atomic E-state index is 0.262. The SMILES string of the molecule is CCC(CC)(CNC1CC1)CN(CCO)C(C)C. The van der Waals surface area contributed by atoms with Gasteiger partial charge in [-0.25, -0.2) is 0 Å². The van der Waals surface area contributed by atoms with E-state index in [0.717, 1.165) is 25.7 Å². The highest BCUT2D eigenvalue weighted by Gasteiger charge is 2.32. The molecular formula is C15H32N2O. The Balaban J connectivity index is 2.55. The summed E-state index contributed by atoms with van der Waals surface area (Å²) in [5, 5.41) is 12.9. The van der Waals surface area contributed by atoms with Crippen molar-refractivity contribution in [1.82, 2.24) is 10.2 Å². The Bertz CT molecular complexity index is 223. The van der Waals surface area contributed by atoms with Crippen molar-refractivity contribution in [2.24, 2.45) is 5.41 Å². The van der Waals surface area contributed by atoms with Gasteiger partial charge in [-0.2, -0.15) is 0 Å². The van der Waals surface area contributed by atoms with E-state index in [1.54, 1.807) is 0 Å². The second kappa shape index (κ2) is 7.46. The van der Waals surface area contributed by atoms with E-state index < -0.39 is 0 Å². The summed E-state index contributed by atoms with van der Waals surface area (Å²) in [6.45, 7) is 12.3.